The van der Waals surface area contributed by atoms with E-state index < -0.39 is 17.6 Å². The van der Waals surface area contributed by atoms with Gasteiger partial charge in [-0.3, -0.25) is 9.59 Å². The number of thioether (sulfide) groups is 1. The van der Waals surface area contributed by atoms with Gasteiger partial charge in [-0.05, 0) is 54.1 Å². The minimum absolute atomic E-state index is 0.0791. The molecule has 33 heavy (non-hydrogen) atoms. The first-order valence-corrected chi connectivity index (χ1v) is 11.3. The Balaban J connectivity index is 1.57. The number of rotatable bonds is 7. The van der Waals surface area contributed by atoms with E-state index in [1.165, 1.54) is 6.07 Å². The summed E-state index contributed by atoms with van der Waals surface area (Å²) in [6, 6.07) is 16.9. The summed E-state index contributed by atoms with van der Waals surface area (Å²) in [4.78, 5) is 25.2. The Labute approximate surface area is 202 Å². The molecular weight excluding hydrogens is 496 g/mol. The van der Waals surface area contributed by atoms with Crippen LogP contribution in [0.15, 0.2) is 71.6 Å². The maximum atomic E-state index is 13.2. The first kappa shape index (κ1) is 25.0. The maximum absolute atomic E-state index is 13.2. The third-order valence-electron chi connectivity index (χ3n) is 4.33. The van der Waals surface area contributed by atoms with Crippen LogP contribution in [0.25, 0.3) is 0 Å². The summed E-state index contributed by atoms with van der Waals surface area (Å²) < 4.78 is 39.5. The van der Waals surface area contributed by atoms with Crippen molar-refractivity contribution < 1.29 is 22.8 Å². The predicted molar refractivity (Wildman–Crippen MR) is 126 cm³/mol. The molecule has 3 aromatic carbocycles. The van der Waals surface area contributed by atoms with Crippen LogP contribution in [-0.2, 0) is 22.2 Å². The average molecular weight is 513 g/mol. The molecule has 172 valence electrons. The van der Waals surface area contributed by atoms with Crippen LogP contribution in [0.3, 0.4) is 0 Å². The number of benzene rings is 3. The standard InChI is InChI=1S/C23H17Cl2F3N2O2S/c24-15-6-4-14(5-7-15)10-21(31)29-17-2-1-3-18(12-17)33-13-22(32)30-20-9-8-16(25)11-19(20)23(26,27)28/h1-9,11-12H,10,13H2,(H,29,31)(H,30,32). The van der Waals surface area contributed by atoms with Crippen LogP contribution in [0.2, 0.25) is 10.0 Å². The molecule has 3 rings (SSSR count). The van der Waals surface area contributed by atoms with E-state index in [1.54, 1.807) is 48.5 Å². The molecule has 0 saturated carbocycles. The van der Waals surface area contributed by atoms with Crippen LogP contribution in [-0.4, -0.2) is 17.6 Å². The van der Waals surface area contributed by atoms with Gasteiger partial charge in [0.15, 0.2) is 0 Å². The van der Waals surface area contributed by atoms with Crippen molar-refractivity contribution >= 4 is 58.2 Å². The van der Waals surface area contributed by atoms with Crippen molar-refractivity contribution in [3.63, 3.8) is 0 Å². The van der Waals surface area contributed by atoms with E-state index in [4.69, 9.17) is 23.2 Å². The smallest absolute Gasteiger partial charge is 0.326 e. The Hall–Kier alpha value is -2.68. The van der Waals surface area contributed by atoms with Gasteiger partial charge in [0, 0.05) is 20.6 Å². The quantitative estimate of drug-likeness (QED) is 0.337. The van der Waals surface area contributed by atoms with E-state index >= 15 is 0 Å². The summed E-state index contributed by atoms with van der Waals surface area (Å²) in [6.45, 7) is 0. The zero-order valence-corrected chi connectivity index (χ0v) is 19.2. The molecule has 2 N–H and O–H groups in total. The van der Waals surface area contributed by atoms with E-state index in [9.17, 15) is 22.8 Å². The van der Waals surface area contributed by atoms with Gasteiger partial charge >= 0.3 is 6.18 Å². The van der Waals surface area contributed by atoms with Gasteiger partial charge in [-0.15, -0.1) is 11.8 Å². The van der Waals surface area contributed by atoms with Crippen LogP contribution in [0.5, 0.6) is 0 Å². The lowest BCUT2D eigenvalue weighted by Crippen LogP contribution is -2.18. The Morgan fingerprint density at radius 3 is 2.24 bits per heavy atom. The van der Waals surface area contributed by atoms with Gasteiger partial charge in [-0.2, -0.15) is 13.2 Å². The Bertz CT molecular complexity index is 1160. The Kier molecular flexibility index (Phi) is 8.29. The van der Waals surface area contributed by atoms with Crippen molar-refractivity contribution in [1.82, 2.24) is 0 Å². The summed E-state index contributed by atoms with van der Waals surface area (Å²) >= 11 is 12.6. The lowest BCUT2D eigenvalue weighted by atomic mass is 10.1. The molecule has 0 fully saturated rings. The molecule has 0 atom stereocenters. The lowest BCUT2D eigenvalue weighted by Gasteiger charge is -2.14. The van der Waals surface area contributed by atoms with Gasteiger partial charge in [0.05, 0.1) is 23.4 Å². The number of carbonyl (C=O) groups excluding carboxylic acids is 2. The second-order valence-corrected chi connectivity index (χ2v) is 8.83. The van der Waals surface area contributed by atoms with Crippen LogP contribution in [0, 0.1) is 0 Å². The number of amides is 2. The third-order valence-corrected chi connectivity index (χ3v) is 5.81. The summed E-state index contributed by atoms with van der Waals surface area (Å²) in [5, 5.41) is 5.56. The number of anilines is 2. The molecular formula is C23H17Cl2F3N2O2S. The highest BCUT2D eigenvalue weighted by molar-refractivity contribution is 8.00. The summed E-state index contributed by atoms with van der Waals surface area (Å²) in [5.74, 6) is -0.952. The van der Waals surface area contributed by atoms with Crippen molar-refractivity contribution in [3.8, 4) is 0 Å². The molecule has 2 amide bonds. The second-order valence-electron chi connectivity index (χ2n) is 6.90. The zero-order chi connectivity index (χ0) is 24.0. The molecule has 10 heteroatoms. The number of hydrogen-bond donors (Lipinski definition) is 2. The molecule has 3 aromatic rings. The molecule has 0 aliphatic heterocycles. The average Bonchev–Trinajstić information content (AvgIpc) is 2.75. The van der Waals surface area contributed by atoms with Crippen molar-refractivity contribution in [3.05, 3.63) is 87.9 Å². The van der Waals surface area contributed by atoms with Gasteiger partial charge in [0.1, 0.15) is 0 Å². The highest BCUT2D eigenvalue weighted by atomic mass is 35.5. The summed E-state index contributed by atoms with van der Waals surface area (Å²) in [6.07, 6.45) is -4.49. The number of alkyl halides is 3. The van der Waals surface area contributed by atoms with Crippen molar-refractivity contribution in [2.45, 2.75) is 17.5 Å². The van der Waals surface area contributed by atoms with Crippen LogP contribution >= 0.6 is 35.0 Å². The summed E-state index contributed by atoms with van der Waals surface area (Å²) in [7, 11) is 0. The highest BCUT2D eigenvalue weighted by Gasteiger charge is 2.34. The fourth-order valence-electron chi connectivity index (χ4n) is 2.85. The van der Waals surface area contributed by atoms with Gasteiger partial charge in [0.2, 0.25) is 11.8 Å². The van der Waals surface area contributed by atoms with Gasteiger partial charge < -0.3 is 10.6 Å². The Morgan fingerprint density at radius 1 is 0.848 bits per heavy atom. The molecule has 4 nitrogen and oxygen atoms in total. The van der Waals surface area contributed by atoms with Crippen LogP contribution < -0.4 is 10.6 Å². The normalized spacial score (nSPS) is 11.2. The molecule has 0 aliphatic rings. The SMILES string of the molecule is O=C(Cc1ccc(Cl)cc1)Nc1cccc(SCC(=O)Nc2ccc(Cl)cc2C(F)(F)F)c1. The van der Waals surface area contributed by atoms with E-state index in [2.05, 4.69) is 10.6 Å². The highest BCUT2D eigenvalue weighted by Crippen LogP contribution is 2.36. The van der Waals surface area contributed by atoms with Crippen LogP contribution in [0.4, 0.5) is 24.5 Å². The largest absolute Gasteiger partial charge is 0.418 e. The first-order valence-electron chi connectivity index (χ1n) is 9.54. The fraction of sp³-hybridized carbons (Fsp3) is 0.130. The fourth-order valence-corrected chi connectivity index (χ4v) is 3.90. The third kappa shape index (κ3) is 7.70. The molecule has 0 aliphatic carbocycles. The minimum Gasteiger partial charge on any atom is -0.326 e. The zero-order valence-electron chi connectivity index (χ0n) is 16.9. The van der Waals surface area contributed by atoms with E-state index in [0.29, 0.717) is 15.6 Å². The molecule has 0 unspecified atom stereocenters. The molecule has 0 heterocycles. The second kappa shape index (κ2) is 11.0. The number of halogens is 5. The predicted octanol–water partition coefficient (Wildman–Crippen LogP) is 6.92. The maximum Gasteiger partial charge on any atom is 0.418 e. The number of carbonyl (C=O) groups is 2. The van der Waals surface area contributed by atoms with Crippen molar-refractivity contribution in [2.75, 3.05) is 16.4 Å². The molecule has 0 spiro atoms. The molecule has 0 bridgehead atoms. The lowest BCUT2D eigenvalue weighted by molar-refractivity contribution is -0.137. The number of hydrogen-bond acceptors (Lipinski definition) is 3. The monoisotopic (exact) mass is 512 g/mol. The van der Waals surface area contributed by atoms with E-state index in [-0.39, 0.29) is 28.8 Å². The minimum atomic E-state index is -4.65. The van der Waals surface area contributed by atoms with E-state index in [1.807, 2.05) is 0 Å². The molecule has 0 saturated heterocycles. The Morgan fingerprint density at radius 2 is 1.55 bits per heavy atom. The van der Waals surface area contributed by atoms with E-state index in [0.717, 1.165) is 29.5 Å². The summed E-state index contributed by atoms with van der Waals surface area (Å²) in [5.41, 5.74) is -0.0320. The molecule has 0 radical (unpaired) electrons. The topological polar surface area (TPSA) is 58.2 Å². The number of nitrogens with one attached hydrogen (secondary N) is 2. The first-order chi connectivity index (χ1) is 15.6. The van der Waals surface area contributed by atoms with Crippen molar-refractivity contribution in [1.29, 1.82) is 0 Å². The van der Waals surface area contributed by atoms with Crippen molar-refractivity contribution in [2.24, 2.45) is 0 Å². The van der Waals surface area contributed by atoms with Gasteiger partial charge in [-0.1, -0.05) is 41.4 Å². The molecule has 0 aromatic heterocycles. The van der Waals surface area contributed by atoms with Crippen LogP contribution in [0.1, 0.15) is 11.1 Å². The van der Waals surface area contributed by atoms with Gasteiger partial charge in [-0.25, -0.2) is 0 Å². The van der Waals surface area contributed by atoms with Gasteiger partial charge in [0.25, 0.3) is 0 Å².